The van der Waals surface area contributed by atoms with E-state index in [4.69, 9.17) is 5.73 Å². The first-order valence-electron chi connectivity index (χ1n) is 8.08. The van der Waals surface area contributed by atoms with Crippen molar-refractivity contribution in [2.24, 2.45) is 29.4 Å². The highest BCUT2D eigenvalue weighted by atomic mass is 14.8. The predicted molar refractivity (Wildman–Crippen MR) is 78.7 cm³/mol. The van der Waals surface area contributed by atoms with Crippen LogP contribution < -0.4 is 5.73 Å². The molecule has 0 aliphatic heterocycles. The van der Waals surface area contributed by atoms with Crippen LogP contribution in [0.5, 0.6) is 0 Å². The normalized spacial score (nSPS) is 43.6. The molecule has 3 fully saturated rings. The molecule has 0 amide bonds. The van der Waals surface area contributed by atoms with E-state index in [0.29, 0.717) is 0 Å². The molecular formula is C18H25N. The molecule has 2 N–H and O–H groups in total. The molecule has 102 valence electrons. The first-order valence-corrected chi connectivity index (χ1v) is 8.08. The fraction of sp³-hybridized carbons (Fsp3) is 0.667. The third-order valence-electron chi connectivity index (χ3n) is 6.44. The average molecular weight is 255 g/mol. The van der Waals surface area contributed by atoms with E-state index in [0.717, 1.165) is 23.7 Å². The molecule has 0 heterocycles. The minimum Gasteiger partial charge on any atom is -0.325 e. The van der Waals surface area contributed by atoms with Crippen LogP contribution >= 0.6 is 0 Å². The van der Waals surface area contributed by atoms with Crippen molar-refractivity contribution < 1.29 is 0 Å². The maximum Gasteiger partial charge on any atom is 0.0217 e. The highest BCUT2D eigenvalue weighted by Crippen LogP contribution is 2.59. The van der Waals surface area contributed by atoms with Crippen molar-refractivity contribution >= 4 is 0 Å². The van der Waals surface area contributed by atoms with Crippen molar-refractivity contribution in [3.05, 3.63) is 35.9 Å². The lowest BCUT2D eigenvalue weighted by molar-refractivity contribution is 0.0427. The smallest absolute Gasteiger partial charge is 0.0217 e. The van der Waals surface area contributed by atoms with E-state index in [2.05, 4.69) is 30.3 Å². The van der Waals surface area contributed by atoms with Gasteiger partial charge in [-0.3, -0.25) is 0 Å². The number of nitrogens with two attached hydrogens (primary N) is 1. The summed E-state index contributed by atoms with van der Waals surface area (Å²) in [6.07, 6.45) is 9.60. The molecule has 1 aromatic rings. The Labute approximate surface area is 116 Å². The van der Waals surface area contributed by atoms with Gasteiger partial charge in [0.2, 0.25) is 0 Å². The van der Waals surface area contributed by atoms with Gasteiger partial charge in [-0.05, 0) is 74.2 Å². The van der Waals surface area contributed by atoms with E-state index < -0.39 is 0 Å². The molecule has 19 heavy (non-hydrogen) atoms. The maximum absolute atomic E-state index is 6.97. The topological polar surface area (TPSA) is 26.0 Å². The molecule has 3 aliphatic carbocycles. The number of hydrogen-bond donors (Lipinski definition) is 1. The van der Waals surface area contributed by atoms with Gasteiger partial charge in [0.05, 0.1) is 0 Å². The molecule has 1 heteroatoms. The van der Waals surface area contributed by atoms with E-state index in [1.807, 2.05) is 0 Å². The number of fused-ring (bicyclic) bond motifs is 2. The fourth-order valence-corrected chi connectivity index (χ4v) is 5.53. The maximum atomic E-state index is 6.97. The van der Waals surface area contributed by atoms with Crippen LogP contribution in [0.2, 0.25) is 0 Å². The lowest BCUT2D eigenvalue weighted by Crippen LogP contribution is -2.58. The van der Waals surface area contributed by atoms with Crippen molar-refractivity contribution in [2.45, 2.75) is 50.5 Å². The van der Waals surface area contributed by atoms with E-state index in [9.17, 15) is 0 Å². The van der Waals surface area contributed by atoms with Crippen LogP contribution in [-0.2, 0) is 6.42 Å². The Morgan fingerprint density at radius 1 is 1.05 bits per heavy atom. The molecule has 0 spiro atoms. The van der Waals surface area contributed by atoms with Gasteiger partial charge in [0.25, 0.3) is 0 Å². The molecule has 0 saturated heterocycles. The van der Waals surface area contributed by atoms with Crippen molar-refractivity contribution in [1.29, 1.82) is 0 Å². The van der Waals surface area contributed by atoms with Gasteiger partial charge in [-0.1, -0.05) is 30.3 Å². The van der Waals surface area contributed by atoms with Gasteiger partial charge in [-0.15, -0.1) is 0 Å². The quantitative estimate of drug-likeness (QED) is 0.874. The van der Waals surface area contributed by atoms with E-state index in [1.54, 1.807) is 0 Å². The fourth-order valence-electron chi connectivity index (χ4n) is 5.53. The third kappa shape index (κ3) is 1.86. The van der Waals surface area contributed by atoms with Crippen molar-refractivity contribution in [3.8, 4) is 0 Å². The van der Waals surface area contributed by atoms with Crippen LogP contribution in [0.15, 0.2) is 30.3 Å². The summed E-state index contributed by atoms with van der Waals surface area (Å²) in [6.45, 7) is 0. The van der Waals surface area contributed by atoms with Gasteiger partial charge in [0, 0.05) is 5.54 Å². The summed E-state index contributed by atoms with van der Waals surface area (Å²) in [5, 5.41) is 0. The van der Waals surface area contributed by atoms with Gasteiger partial charge < -0.3 is 5.73 Å². The van der Waals surface area contributed by atoms with Crippen LogP contribution in [0.25, 0.3) is 0 Å². The molecule has 4 rings (SSSR count). The Morgan fingerprint density at radius 3 is 2.74 bits per heavy atom. The van der Waals surface area contributed by atoms with Gasteiger partial charge in [0.15, 0.2) is 0 Å². The van der Waals surface area contributed by atoms with Crippen LogP contribution in [0.1, 0.15) is 44.1 Å². The molecule has 3 bridgehead atoms. The first-order chi connectivity index (χ1) is 9.25. The molecule has 0 radical (unpaired) electrons. The van der Waals surface area contributed by atoms with Crippen LogP contribution in [0, 0.1) is 23.7 Å². The van der Waals surface area contributed by atoms with E-state index >= 15 is 0 Å². The van der Waals surface area contributed by atoms with Crippen LogP contribution in [0.4, 0.5) is 0 Å². The number of benzene rings is 1. The number of hydrogen-bond acceptors (Lipinski definition) is 1. The first kappa shape index (κ1) is 12.0. The van der Waals surface area contributed by atoms with E-state index in [1.165, 1.54) is 50.5 Å². The highest BCUT2D eigenvalue weighted by molar-refractivity contribution is 5.17. The Hall–Kier alpha value is -0.820. The second kappa shape index (κ2) is 4.34. The lowest BCUT2D eigenvalue weighted by Gasteiger charge is -2.51. The van der Waals surface area contributed by atoms with Crippen molar-refractivity contribution in [3.63, 3.8) is 0 Å². The summed E-state index contributed by atoms with van der Waals surface area (Å²) < 4.78 is 0. The van der Waals surface area contributed by atoms with Crippen molar-refractivity contribution in [1.82, 2.24) is 0 Å². The predicted octanol–water partition coefficient (Wildman–Crippen LogP) is 3.77. The summed E-state index contributed by atoms with van der Waals surface area (Å²) in [6, 6.07) is 10.9. The molecule has 1 nitrogen and oxygen atoms in total. The third-order valence-corrected chi connectivity index (χ3v) is 6.44. The Kier molecular flexibility index (Phi) is 2.73. The van der Waals surface area contributed by atoms with Crippen LogP contribution in [-0.4, -0.2) is 5.54 Å². The molecule has 3 aliphatic rings. The standard InChI is InChI=1S/C18H25N/c19-18(9-8-13-4-2-1-3-5-13)16-7-6-15-10-14(11-16)12-17(15)18/h1-5,14-17H,6-12,19H2. The molecule has 5 atom stereocenters. The second-order valence-corrected chi connectivity index (χ2v) is 7.31. The van der Waals surface area contributed by atoms with Gasteiger partial charge in [-0.2, -0.15) is 0 Å². The van der Waals surface area contributed by atoms with Gasteiger partial charge in [0.1, 0.15) is 0 Å². The Morgan fingerprint density at radius 2 is 1.89 bits per heavy atom. The lowest BCUT2D eigenvalue weighted by atomic mass is 9.58. The Bertz CT molecular complexity index is 454. The summed E-state index contributed by atoms with van der Waals surface area (Å²) in [4.78, 5) is 0. The number of aryl methyl sites for hydroxylation is 1. The zero-order chi connectivity index (χ0) is 12.9. The monoisotopic (exact) mass is 255 g/mol. The molecule has 5 unspecified atom stereocenters. The molecular weight excluding hydrogens is 230 g/mol. The summed E-state index contributed by atoms with van der Waals surface area (Å²) >= 11 is 0. The average Bonchev–Trinajstić information content (AvgIpc) is 2.67. The molecule has 3 saturated carbocycles. The summed E-state index contributed by atoms with van der Waals surface area (Å²) in [7, 11) is 0. The molecule has 0 aromatic heterocycles. The van der Waals surface area contributed by atoms with Gasteiger partial charge in [-0.25, -0.2) is 0 Å². The second-order valence-electron chi connectivity index (χ2n) is 7.31. The van der Waals surface area contributed by atoms with Crippen molar-refractivity contribution in [2.75, 3.05) is 0 Å². The van der Waals surface area contributed by atoms with Crippen LogP contribution in [0.3, 0.4) is 0 Å². The summed E-state index contributed by atoms with van der Waals surface area (Å²) in [5.41, 5.74) is 8.59. The minimum atomic E-state index is 0.158. The zero-order valence-electron chi connectivity index (χ0n) is 11.7. The molecule has 1 aromatic carbocycles. The Balaban J connectivity index is 1.53. The number of rotatable bonds is 3. The minimum absolute atomic E-state index is 0.158. The highest BCUT2D eigenvalue weighted by Gasteiger charge is 2.56. The summed E-state index contributed by atoms with van der Waals surface area (Å²) in [5.74, 6) is 3.65. The zero-order valence-corrected chi connectivity index (χ0v) is 11.7. The van der Waals surface area contributed by atoms with E-state index in [-0.39, 0.29) is 5.54 Å². The van der Waals surface area contributed by atoms with Gasteiger partial charge >= 0.3 is 0 Å². The largest absolute Gasteiger partial charge is 0.325 e. The SMILES string of the molecule is NC1(CCc2ccccc2)C2CCC3CC(C2)CC31.